The molecule has 4 nitrogen and oxygen atoms in total. The Balaban J connectivity index is 2.08. The van der Waals surface area contributed by atoms with E-state index in [1.54, 1.807) is 42.5 Å². The molecule has 0 aliphatic carbocycles. The van der Waals surface area contributed by atoms with E-state index in [1.165, 1.54) is 12.1 Å². The Morgan fingerprint density at radius 1 is 0.800 bits per heavy atom. The molecule has 0 saturated carbocycles. The summed E-state index contributed by atoms with van der Waals surface area (Å²) in [6, 6.07) is 14.3. The lowest BCUT2D eigenvalue weighted by Gasteiger charge is -2.02. The van der Waals surface area contributed by atoms with Crippen molar-refractivity contribution < 1.29 is 19.5 Å². The number of aromatic carboxylic acids is 1. The summed E-state index contributed by atoms with van der Waals surface area (Å²) in [5.41, 5.74) is 1.12. The average molecular weight is 268 g/mol. The van der Waals surface area contributed by atoms with Crippen LogP contribution in [0.1, 0.15) is 26.3 Å². The number of hydrogen-bond acceptors (Lipinski definition) is 3. The molecule has 1 N–H and O–H groups in total. The number of hydrogen-bond donors (Lipinski definition) is 1. The summed E-state index contributed by atoms with van der Waals surface area (Å²) in [5, 5.41) is 8.77. The van der Waals surface area contributed by atoms with Crippen LogP contribution in [0.15, 0.2) is 54.6 Å². The van der Waals surface area contributed by atoms with Crippen LogP contribution in [0, 0.1) is 0 Å². The summed E-state index contributed by atoms with van der Waals surface area (Å²) < 4.78 is 0. The minimum atomic E-state index is -1.02. The average Bonchev–Trinajstić information content (AvgIpc) is 2.48. The van der Waals surface area contributed by atoms with E-state index in [1.807, 2.05) is 0 Å². The van der Waals surface area contributed by atoms with Gasteiger partial charge in [-0.05, 0) is 17.7 Å². The maximum atomic E-state index is 11.9. The minimum Gasteiger partial charge on any atom is -0.478 e. The van der Waals surface area contributed by atoms with Gasteiger partial charge in [-0.2, -0.15) is 0 Å². The number of carboxylic acid groups (broad SMARTS) is 1. The van der Waals surface area contributed by atoms with Gasteiger partial charge in [-0.1, -0.05) is 42.5 Å². The quantitative estimate of drug-likeness (QED) is 0.667. The Morgan fingerprint density at radius 2 is 1.40 bits per heavy atom. The van der Waals surface area contributed by atoms with Gasteiger partial charge in [-0.25, -0.2) is 4.79 Å². The van der Waals surface area contributed by atoms with E-state index in [0.717, 1.165) is 0 Å². The number of benzene rings is 2. The summed E-state index contributed by atoms with van der Waals surface area (Å²) >= 11 is 0. The topological polar surface area (TPSA) is 71.4 Å². The molecule has 0 heterocycles. The highest BCUT2D eigenvalue weighted by Gasteiger charge is 2.16. The molecular formula is C16H12O4. The zero-order chi connectivity index (χ0) is 14.5. The second-order valence-corrected chi connectivity index (χ2v) is 4.30. The van der Waals surface area contributed by atoms with Crippen molar-refractivity contribution in [2.24, 2.45) is 0 Å². The fourth-order valence-corrected chi connectivity index (χ4v) is 1.78. The normalized spacial score (nSPS) is 10.0. The summed E-state index contributed by atoms with van der Waals surface area (Å²) in [5.74, 6) is -2.07. The standard InChI is InChI=1S/C16H12O4/c17-14(15(18)12-4-2-1-3-5-12)10-11-6-8-13(9-7-11)16(19)20/h1-9H,10H2,(H,19,20). The predicted molar refractivity (Wildman–Crippen MR) is 72.9 cm³/mol. The molecule has 0 atom stereocenters. The van der Waals surface area contributed by atoms with Gasteiger partial charge in [0.1, 0.15) is 0 Å². The summed E-state index contributed by atoms with van der Waals surface area (Å²) in [6.07, 6.45) is -0.0341. The van der Waals surface area contributed by atoms with Crippen molar-refractivity contribution in [3.05, 3.63) is 71.3 Å². The molecule has 2 aromatic carbocycles. The van der Waals surface area contributed by atoms with Gasteiger partial charge in [0.15, 0.2) is 0 Å². The van der Waals surface area contributed by atoms with Gasteiger partial charge >= 0.3 is 5.97 Å². The lowest BCUT2D eigenvalue weighted by Crippen LogP contribution is -2.16. The molecule has 0 unspecified atom stereocenters. The SMILES string of the molecule is O=C(Cc1ccc(C(=O)O)cc1)C(=O)c1ccccc1. The Hall–Kier alpha value is -2.75. The molecule has 0 spiro atoms. The number of Topliss-reactive ketones (excluding diaryl/α,β-unsaturated/α-hetero) is 2. The first-order chi connectivity index (χ1) is 9.58. The largest absolute Gasteiger partial charge is 0.478 e. The maximum Gasteiger partial charge on any atom is 0.335 e. The summed E-state index contributed by atoms with van der Waals surface area (Å²) in [6.45, 7) is 0. The van der Waals surface area contributed by atoms with E-state index in [4.69, 9.17) is 5.11 Å². The molecule has 0 amide bonds. The van der Waals surface area contributed by atoms with Gasteiger partial charge in [0.2, 0.25) is 11.6 Å². The molecular weight excluding hydrogens is 256 g/mol. The lowest BCUT2D eigenvalue weighted by atomic mass is 10.0. The first-order valence-corrected chi connectivity index (χ1v) is 6.03. The number of carbonyl (C=O) groups is 3. The fraction of sp³-hybridized carbons (Fsp3) is 0.0625. The van der Waals surface area contributed by atoms with E-state index in [2.05, 4.69) is 0 Å². The van der Waals surface area contributed by atoms with Crippen molar-refractivity contribution >= 4 is 17.5 Å². The van der Waals surface area contributed by atoms with Gasteiger partial charge < -0.3 is 5.11 Å². The van der Waals surface area contributed by atoms with Gasteiger partial charge in [0.05, 0.1) is 5.56 Å². The number of carbonyl (C=O) groups excluding carboxylic acids is 2. The Bertz CT molecular complexity index is 642. The summed E-state index contributed by atoms with van der Waals surface area (Å²) in [4.78, 5) is 34.5. The molecule has 20 heavy (non-hydrogen) atoms. The molecule has 0 fully saturated rings. The highest BCUT2D eigenvalue weighted by atomic mass is 16.4. The molecule has 0 aliphatic rings. The number of rotatable bonds is 5. The molecule has 0 radical (unpaired) electrons. The van der Waals surface area contributed by atoms with E-state index in [9.17, 15) is 14.4 Å². The van der Waals surface area contributed by atoms with Crippen molar-refractivity contribution in [2.45, 2.75) is 6.42 Å². The smallest absolute Gasteiger partial charge is 0.335 e. The van der Waals surface area contributed by atoms with Crippen LogP contribution in [-0.2, 0) is 11.2 Å². The molecule has 0 bridgehead atoms. The van der Waals surface area contributed by atoms with Gasteiger partial charge in [0.25, 0.3) is 0 Å². The summed E-state index contributed by atoms with van der Waals surface area (Å²) in [7, 11) is 0. The van der Waals surface area contributed by atoms with Crippen LogP contribution in [0.4, 0.5) is 0 Å². The van der Waals surface area contributed by atoms with Crippen LogP contribution in [0.2, 0.25) is 0 Å². The molecule has 4 heteroatoms. The van der Waals surface area contributed by atoms with Crippen molar-refractivity contribution in [1.29, 1.82) is 0 Å². The second kappa shape index (κ2) is 5.93. The minimum absolute atomic E-state index is 0.0341. The number of ketones is 2. The second-order valence-electron chi connectivity index (χ2n) is 4.30. The van der Waals surface area contributed by atoms with Gasteiger partial charge in [-0.3, -0.25) is 9.59 Å². The van der Waals surface area contributed by atoms with Gasteiger partial charge in [0, 0.05) is 12.0 Å². The third-order valence-electron chi connectivity index (χ3n) is 2.85. The third-order valence-corrected chi connectivity index (χ3v) is 2.85. The maximum absolute atomic E-state index is 11.9. The zero-order valence-electron chi connectivity index (χ0n) is 10.6. The Kier molecular flexibility index (Phi) is 4.05. The van der Waals surface area contributed by atoms with Crippen molar-refractivity contribution in [3.63, 3.8) is 0 Å². The van der Waals surface area contributed by atoms with Crippen LogP contribution < -0.4 is 0 Å². The monoisotopic (exact) mass is 268 g/mol. The highest BCUT2D eigenvalue weighted by molar-refractivity contribution is 6.44. The van der Waals surface area contributed by atoms with Crippen LogP contribution in [0.5, 0.6) is 0 Å². The Morgan fingerprint density at radius 3 is 1.95 bits per heavy atom. The van der Waals surface area contributed by atoms with Crippen LogP contribution in [-0.4, -0.2) is 22.6 Å². The van der Waals surface area contributed by atoms with Crippen LogP contribution in [0.3, 0.4) is 0 Å². The third kappa shape index (κ3) is 3.17. The fourth-order valence-electron chi connectivity index (χ4n) is 1.78. The molecule has 0 saturated heterocycles. The van der Waals surface area contributed by atoms with E-state index >= 15 is 0 Å². The number of carboxylic acids is 1. The molecule has 2 rings (SSSR count). The molecule has 0 aliphatic heterocycles. The predicted octanol–water partition coefficient (Wildman–Crippen LogP) is 2.38. The molecule has 2 aromatic rings. The van der Waals surface area contributed by atoms with Gasteiger partial charge in [-0.15, -0.1) is 0 Å². The van der Waals surface area contributed by atoms with E-state index in [0.29, 0.717) is 11.1 Å². The zero-order valence-corrected chi connectivity index (χ0v) is 10.6. The van der Waals surface area contributed by atoms with E-state index < -0.39 is 17.5 Å². The van der Waals surface area contributed by atoms with E-state index in [-0.39, 0.29) is 12.0 Å². The Labute approximate surface area is 115 Å². The van der Waals surface area contributed by atoms with Crippen molar-refractivity contribution in [1.82, 2.24) is 0 Å². The first-order valence-electron chi connectivity index (χ1n) is 6.03. The van der Waals surface area contributed by atoms with Crippen molar-refractivity contribution in [3.8, 4) is 0 Å². The molecule has 0 aromatic heterocycles. The molecule has 100 valence electrons. The highest BCUT2D eigenvalue weighted by Crippen LogP contribution is 2.08. The van der Waals surface area contributed by atoms with Crippen molar-refractivity contribution in [2.75, 3.05) is 0 Å². The lowest BCUT2D eigenvalue weighted by molar-refractivity contribution is -0.114. The first kappa shape index (κ1) is 13.7. The van der Waals surface area contributed by atoms with Crippen LogP contribution in [0.25, 0.3) is 0 Å². The van der Waals surface area contributed by atoms with Crippen LogP contribution >= 0.6 is 0 Å².